The number of rotatable bonds is 8. The van der Waals surface area contributed by atoms with E-state index in [-0.39, 0.29) is 0 Å². The fourth-order valence-corrected chi connectivity index (χ4v) is 14.0. The van der Waals surface area contributed by atoms with Gasteiger partial charge in [0.25, 0.3) is 0 Å². The van der Waals surface area contributed by atoms with Gasteiger partial charge in [-0.3, -0.25) is 0 Å². The average molecular weight is 1010 g/mol. The molecule has 0 bridgehead atoms. The Morgan fingerprint density at radius 1 is 0.224 bits per heavy atom. The van der Waals surface area contributed by atoms with E-state index in [1.807, 2.05) is 46.9 Å². The predicted molar refractivity (Wildman–Crippen MR) is 325 cm³/mol. The first-order valence-electron chi connectivity index (χ1n) is 25.6. The van der Waals surface area contributed by atoms with Gasteiger partial charge in [0.15, 0.2) is 0 Å². The summed E-state index contributed by atoms with van der Waals surface area (Å²) in [7, 11) is 0. The van der Waals surface area contributed by atoms with E-state index in [1.165, 1.54) is 73.4 Å². The molecule has 12 aromatic carbocycles. The molecule has 0 saturated carbocycles. The van der Waals surface area contributed by atoms with Crippen molar-refractivity contribution in [3.63, 3.8) is 0 Å². The molecule has 0 saturated heterocycles. The minimum absolute atomic E-state index is 0.883. The normalized spacial score (nSPS) is 11.9. The fourth-order valence-electron chi connectivity index (χ4n) is 11.7. The van der Waals surface area contributed by atoms with E-state index in [4.69, 9.17) is 8.83 Å². The number of thiophene rings is 2. The van der Waals surface area contributed by atoms with Crippen LogP contribution in [-0.2, 0) is 0 Å². The van der Waals surface area contributed by atoms with Gasteiger partial charge >= 0.3 is 0 Å². The van der Waals surface area contributed by atoms with Crippen molar-refractivity contribution in [2.45, 2.75) is 0 Å². The zero-order valence-corrected chi connectivity index (χ0v) is 42.4. The molecule has 356 valence electrons. The van der Waals surface area contributed by atoms with Crippen molar-refractivity contribution in [2.24, 2.45) is 0 Å². The molecule has 6 heteroatoms. The average Bonchev–Trinajstić information content (AvgIpc) is 4.33. The zero-order chi connectivity index (χ0) is 49.8. The van der Waals surface area contributed by atoms with Gasteiger partial charge in [-0.2, -0.15) is 0 Å². The summed E-state index contributed by atoms with van der Waals surface area (Å²) in [6.45, 7) is 0. The van der Waals surface area contributed by atoms with Crippen molar-refractivity contribution >= 4 is 152 Å². The van der Waals surface area contributed by atoms with E-state index in [1.54, 1.807) is 0 Å². The van der Waals surface area contributed by atoms with E-state index in [0.717, 1.165) is 78.0 Å². The van der Waals surface area contributed by atoms with Crippen LogP contribution in [0, 0.1) is 0 Å². The Labute approximate surface area is 444 Å². The van der Waals surface area contributed by atoms with Crippen LogP contribution in [0.3, 0.4) is 0 Å². The molecular formula is C70H42N2O2S2. The maximum atomic E-state index is 6.30. The van der Waals surface area contributed by atoms with Gasteiger partial charge in [0.2, 0.25) is 0 Å². The molecular weight excluding hydrogens is 965 g/mol. The van der Waals surface area contributed by atoms with E-state index < -0.39 is 0 Å². The first kappa shape index (κ1) is 43.0. The van der Waals surface area contributed by atoms with E-state index in [9.17, 15) is 0 Å². The molecule has 0 amide bonds. The molecule has 76 heavy (non-hydrogen) atoms. The fraction of sp³-hybridized carbons (Fsp3) is 0. The highest BCUT2D eigenvalue weighted by atomic mass is 32.1. The molecule has 4 nitrogen and oxygen atoms in total. The Bertz CT molecular complexity index is 4620. The summed E-state index contributed by atoms with van der Waals surface area (Å²) < 4.78 is 17.7. The topological polar surface area (TPSA) is 32.8 Å². The number of nitrogens with zero attached hydrogens (tertiary/aromatic N) is 2. The summed E-state index contributed by atoms with van der Waals surface area (Å²) in [4.78, 5) is 4.76. The molecule has 0 unspecified atom stereocenters. The van der Waals surface area contributed by atoms with Gasteiger partial charge in [-0.25, -0.2) is 0 Å². The zero-order valence-electron chi connectivity index (χ0n) is 40.8. The van der Waals surface area contributed by atoms with Crippen LogP contribution < -0.4 is 9.80 Å². The highest BCUT2D eigenvalue weighted by molar-refractivity contribution is 7.26. The van der Waals surface area contributed by atoms with E-state index >= 15 is 0 Å². The molecule has 0 aliphatic carbocycles. The van der Waals surface area contributed by atoms with Gasteiger partial charge in [0.1, 0.15) is 22.3 Å². The first-order valence-corrected chi connectivity index (χ1v) is 27.2. The minimum Gasteiger partial charge on any atom is -0.456 e. The molecule has 16 rings (SSSR count). The summed E-state index contributed by atoms with van der Waals surface area (Å²) in [5.74, 6) is 0. The highest BCUT2D eigenvalue weighted by Gasteiger charge is 2.21. The summed E-state index contributed by atoms with van der Waals surface area (Å²) >= 11 is 3.73. The van der Waals surface area contributed by atoms with Crippen LogP contribution in [0.2, 0.25) is 0 Å². The third-order valence-electron chi connectivity index (χ3n) is 15.3. The molecule has 4 aromatic heterocycles. The maximum absolute atomic E-state index is 6.30. The minimum atomic E-state index is 0.883. The number of hydrogen-bond donors (Lipinski definition) is 0. The van der Waals surface area contributed by atoms with E-state index in [2.05, 4.69) is 240 Å². The molecule has 0 aliphatic heterocycles. The summed E-state index contributed by atoms with van der Waals surface area (Å²) in [6, 6.07) is 92.2. The van der Waals surface area contributed by atoms with E-state index in [0.29, 0.717) is 0 Å². The molecule has 0 N–H and O–H groups in total. The quantitative estimate of drug-likeness (QED) is 0.152. The number of furan rings is 2. The van der Waals surface area contributed by atoms with Crippen molar-refractivity contribution in [3.8, 4) is 22.3 Å². The lowest BCUT2D eigenvalue weighted by Crippen LogP contribution is -2.09. The lowest BCUT2D eigenvalue weighted by Gasteiger charge is -2.26. The Morgan fingerprint density at radius 3 is 1.01 bits per heavy atom. The SMILES string of the molecule is c1ccc(-c2ccc(N(c3ccc4c(c3)sc3ccc5c(ccc6sc7cc(N(c8ccc(-c9ccccc9)cc8)c8ccc9oc%10ccccc%10c9c8)ccc7c65)c34)c3ccc4oc5ccccc5c4c3)cc2)cc1. The first-order chi connectivity index (χ1) is 37.6. The summed E-state index contributed by atoms with van der Waals surface area (Å²) in [6.07, 6.45) is 0. The second kappa shape index (κ2) is 17.0. The van der Waals surface area contributed by atoms with Crippen molar-refractivity contribution < 1.29 is 8.83 Å². The highest BCUT2D eigenvalue weighted by Crippen LogP contribution is 2.48. The molecule has 4 heterocycles. The van der Waals surface area contributed by atoms with Gasteiger partial charge in [0.05, 0.1) is 0 Å². The van der Waals surface area contributed by atoms with Crippen molar-refractivity contribution in [2.75, 3.05) is 9.80 Å². The van der Waals surface area contributed by atoms with Gasteiger partial charge in [-0.05, 0) is 142 Å². The number of hydrogen-bond acceptors (Lipinski definition) is 6. The predicted octanol–water partition coefficient (Wildman–Crippen LogP) is 21.6. The van der Waals surface area contributed by atoms with Gasteiger partial charge in [-0.15, -0.1) is 22.7 Å². The van der Waals surface area contributed by atoms with Crippen LogP contribution >= 0.6 is 22.7 Å². The van der Waals surface area contributed by atoms with Crippen LogP contribution in [0.1, 0.15) is 0 Å². The van der Waals surface area contributed by atoms with Crippen LogP contribution in [-0.4, -0.2) is 0 Å². The Balaban J connectivity index is 0.816. The van der Waals surface area contributed by atoms with Gasteiger partial charge in [-0.1, -0.05) is 146 Å². The molecule has 16 aromatic rings. The number of fused-ring (bicyclic) bond motifs is 15. The van der Waals surface area contributed by atoms with Crippen LogP contribution in [0.4, 0.5) is 34.1 Å². The van der Waals surface area contributed by atoms with Crippen molar-refractivity contribution in [1.29, 1.82) is 0 Å². The van der Waals surface area contributed by atoms with Crippen LogP contribution in [0.25, 0.3) is 117 Å². The van der Waals surface area contributed by atoms with Gasteiger partial charge in [0, 0.05) is 96.0 Å². The smallest absolute Gasteiger partial charge is 0.135 e. The monoisotopic (exact) mass is 1010 g/mol. The largest absolute Gasteiger partial charge is 0.456 e. The molecule has 0 atom stereocenters. The molecule has 0 spiro atoms. The molecule has 0 aliphatic rings. The number of anilines is 6. The second-order valence-electron chi connectivity index (χ2n) is 19.6. The summed E-state index contributed by atoms with van der Waals surface area (Å²) in [5, 5.41) is 12.1. The number of para-hydroxylation sites is 2. The Kier molecular flexibility index (Phi) is 9.64. The Morgan fingerprint density at radius 2 is 0.566 bits per heavy atom. The summed E-state index contributed by atoms with van der Waals surface area (Å²) in [5.41, 5.74) is 14.8. The van der Waals surface area contributed by atoms with Gasteiger partial charge < -0.3 is 18.6 Å². The van der Waals surface area contributed by atoms with Crippen LogP contribution in [0.5, 0.6) is 0 Å². The Hall–Kier alpha value is -9.46. The van der Waals surface area contributed by atoms with Crippen LogP contribution in [0.15, 0.2) is 264 Å². The molecule has 0 fully saturated rings. The third-order valence-corrected chi connectivity index (χ3v) is 17.5. The standard InChI is InChI=1S/C70H42N2O2S2/c1-3-11-43(12-4-1)45-19-23-47(24-20-45)71(49-29-35-63-59(39-49)53-15-7-9-17-61(53)73-63)51-27-31-57-67(41-51)75-65-37-33-56-55(69(57)65)34-38-66-70(56)58-32-28-52(42-68(58)76-66)72(48-25-21-46(22-26-48)44-13-5-2-6-14-44)50-30-36-64-60(40-50)54-16-8-10-18-62(54)74-64/h1-42H. The van der Waals surface area contributed by atoms with Crippen molar-refractivity contribution in [1.82, 2.24) is 0 Å². The molecule has 0 radical (unpaired) electrons. The second-order valence-corrected chi connectivity index (χ2v) is 21.8. The maximum Gasteiger partial charge on any atom is 0.135 e. The lowest BCUT2D eigenvalue weighted by atomic mass is 9.99. The van der Waals surface area contributed by atoms with Crippen molar-refractivity contribution in [3.05, 3.63) is 255 Å². The lowest BCUT2D eigenvalue weighted by molar-refractivity contribution is 0.668. The number of benzene rings is 12. The third kappa shape index (κ3) is 6.89.